The number of nitrogens with one attached hydrogen (secondary N) is 1. The summed E-state index contributed by atoms with van der Waals surface area (Å²) in [5.74, 6) is -3.54. The molecule has 2 aromatic rings. The summed E-state index contributed by atoms with van der Waals surface area (Å²) in [4.78, 5) is 8.68. The Balaban J connectivity index is 2.58. The van der Waals surface area contributed by atoms with Crippen molar-refractivity contribution in [1.29, 1.82) is 0 Å². The van der Waals surface area contributed by atoms with Crippen LogP contribution in [0.15, 0.2) is 12.1 Å². The summed E-state index contributed by atoms with van der Waals surface area (Å²) in [7, 11) is 0. The van der Waals surface area contributed by atoms with Crippen molar-refractivity contribution < 1.29 is 13.2 Å². The number of rotatable bonds is 4. The summed E-state index contributed by atoms with van der Waals surface area (Å²) in [6.07, 6.45) is 0.861. The van der Waals surface area contributed by atoms with E-state index in [1.165, 1.54) is 0 Å². The van der Waals surface area contributed by atoms with Crippen LogP contribution >= 0.6 is 0 Å². The number of halogens is 3. The Bertz CT molecular complexity index is 648. The maximum absolute atomic E-state index is 13.4. The number of hydrogen-bond donors (Lipinski definition) is 1. The Hall–Kier alpha value is -2.11. The zero-order valence-electron chi connectivity index (χ0n) is 12.1. The van der Waals surface area contributed by atoms with E-state index in [2.05, 4.69) is 15.3 Å². The van der Waals surface area contributed by atoms with E-state index in [0.29, 0.717) is 23.8 Å². The molecule has 0 bridgehead atoms. The molecule has 0 amide bonds. The van der Waals surface area contributed by atoms with Crippen molar-refractivity contribution in [2.24, 2.45) is 0 Å². The zero-order valence-corrected chi connectivity index (χ0v) is 12.1. The first kappa shape index (κ1) is 15.3. The van der Waals surface area contributed by atoms with Gasteiger partial charge in [0, 0.05) is 12.1 Å². The molecule has 1 N–H and O–H groups in total. The van der Waals surface area contributed by atoms with Gasteiger partial charge in [0.2, 0.25) is 0 Å². The molecule has 0 aliphatic heterocycles. The second kappa shape index (κ2) is 6.11. The molecular formula is C15H16F3N3. The van der Waals surface area contributed by atoms with E-state index in [1.807, 2.05) is 6.92 Å². The summed E-state index contributed by atoms with van der Waals surface area (Å²) in [6, 6.07) is 1.85. The average Bonchev–Trinajstić information content (AvgIpc) is 2.45. The third-order valence-corrected chi connectivity index (χ3v) is 3.11. The normalized spacial score (nSPS) is 10.8. The van der Waals surface area contributed by atoms with Crippen LogP contribution < -0.4 is 5.32 Å². The van der Waals surface area contributed by atoms with Gasteiger partial charge >= 0.3 is 0 Å². The van der Waals surface area contributed by atoms with E-state index in [4.69, 9.17) is 0 Å². The van der Waals surface area contributed by atoms with Gasteiger partial charge in [-0.3, -0.25) is 0 Å². The molecule has 0 aliphatic carbocycles. The first-order chi connectivity index (χ1) is 9.93. The van der Waals surface area contributed by atoms with Crippen molar-refractivity contribution in [2.45, 2.75) is 27.2 Å². The Morgan fingerprint density at radius 2 is 1.57 bits per heavy atom. The monoisotopic (exact) mass is 295 g/mol. The van der Waals surface area contributed by atoms with Gasteiger partial charge < -0.3 is 5.32 Å². The Labute approximate surface area is 121 Å². The molecule has 1 heterocycles. The van der Waals surface area contributed by atoms with Crippen molar-refractivity contribution in [1.82, 2.24) is 9.97 Å². The van der Waals surface area contributed by atoms with E-state index in [1.54, 1.807) is 13.8 Å². The van der Waals surface area contributed by atoms with E-state index >= 15 is 0 Å². The fourth-order valence-corrected chi connectivity index (χ4v) is 1.86. The predicted molar refractivity (Wildman–Crippen MR) is 75.6 cm³/mol. The van der Waals surface area contributed by atoms with Crippen LogP contribution in [0.3, 0.4) is 0 Å². The number of hydrogen-bond acceptors (Lipinski definition) is 3. The molecule has 0 saturated carbocycles. The molecule has 6 heteroatoms. The van der Waals surface area contributed by atoms with Crippen LogP contribution in [0.5, 0.6) is 0 Å². The quantitative estimate of drug-likeness (QED) is 0.866. The lowest BCUT2D eigenvalue weighted by Gasteiger charge is -2.13. The minimum atomic E-state index is -1.49. The van der Waals surface area contributed by atoms with E-state index in [0.717, 1.165) is 24.2 Å². The van der Waals surface area contributed by atoms with Crippen LogP contribution in [0, 0.1) is 31.3 Å². The summed E-state index contributed by atoms with van der Waals surface area (Å²) in [5, 5.41) is 3.07. The Morgan fingerprint density at radius 1 is 1.00 bits per heavy atom. The minimum absolute atomic E-state index is 0.153. The number of aryl methyl sites for hydroxylation is 2. The third-order valence-electron chi connectivity index (χ3n) is 3.11. The number of aromatic nitrogens is 2. The first-order valence-corrected chi connectivity index (χ1v) is 6.68. The molecule has 0 unspecified atom stereocenters. The van der Waals surface area contributed by atoms with Crippen LogP contribution in [0.4, 0.5) is 19.0 Å². The molecule has 21 heavy (non-hydrogen) atoms. The smallest absolute Gasteiger partial charge is 0.194 e. The number of anilines is 1. The second-order valence-electron chi connectivity index (χ2n) is 4.77. The van der Waals surface area contributed by atoms with Crippen molar-refractivity contribution in [2.75, 3.05) is 11.9 Å². The lowest BCUT2D eigenvalue weighted by molar-refractivity contribution is 0.447. The van der Waals surface area contributed by atoms with Crippen molar-refractivity contribution in [3.8, 4) is 11.3 Å². The summed E-state index contributed by atoms with van der Waals surface area (Å²) in [5.41, 5.74) is 1.84. The van der Waals surface area contributed by atoms with Crippen molar-refractivity contribution in [3.63, 3.8) is 0 Å². The van der Waals surface area contributed by atoms with Crippen LogP contribution in [-0.2, 0) is 0 Å². The third kappa shape index (κ3) is 3.15. The molecular weight excluding hydrogens is 279 g/mol. The van der Waals surface area contributed by atoms with Gasteiger partial charge in [-0.05, 0) is 32.4 Å². The maximum Gasteiger partial charge on any atom is 0.194 e. The van der Waals surface area contributed by atoms with Gasteiger partial charge in [0.1, 0.15) is 5.69 Å². The highest BCUT2D eigenvalue weighted by Gasteiger charge is 2.16. The Kier molecular flexibility index (Phi) is 4.45. The van der Waals surface area contributed by atoms with E-state index in [-0.39, 0.29) is 5.56 Å². The SMILES string of the molecule is CCCNc1nc(C)c(C)nc1-c1cc(F)c(F)c(F)c1. The lowest BCUT2D eigenvalue weighted by Crippen LogP contribution is -2.08. The molecule has 0 atom stereocenters. The van der Waals surface area contributed by atoms with Gasteiger partial charge in [-0.25, -0.2) is 23.1 Å². The second-order valence-corrected chi connectivity index (χ2v) is 4.77. The van der Waals surface area contributed by atoms with Gasteiger partial charge in [0.05, 0.1) is 11.4 Å². The predicted octanol–water partition coefficient (Wildman–Crippen LogP) is 4.00. The molecule has 0 spiro atoms. The molecule has 0 radical (unpaired) electrons. The summed E-state index contributed by atoms with van der Waals surface area (Å²) >= 11 is 0. The van der Waals surface area contributed by atoms with Gasteiger partial charge in [0.15, 0.2) is 23.3 Å². The van der Waals surface area contributed by atoms with Crippen LogP contribution in [0.1, 0.15) is 24.7 Å². The molecule has 2 rings (SSSR count). The van der Waals surface area contributed by atoms with Gasteiger partial charge in [-0.1, -0.05) is 6.92 Å². The summed E-state index contributed by atoms with van der Waals surface area (Å²) in [6.45, 7) is 6.19. The van der Waals surface area contributed by atoms with Crippen molar-refractivity contribution in [3.05, 3.63) is 41.0 Å². The van der Waals surface area contributed by atoms with E-state index < -0.39 is 17.5 Å². The van der Waals surface area contributed by atoms with Gasteiger partial charge in [0.25, 0.3) is 0 Å². The molecule has 3 nitrogen and oxygen atoms in total. The molecule has 1 aromatic carbocycles. The largest absolute Gasteiger partial charge is 0.368 e. The molecule has 112 valence electrons. The maximum atomic E-state index is 13.4. The molecule has 0 saturated heterocycles. The highest BCUT2D eigenvalue weighted by Crippen LogP contribution is 2.28. The van der Waals surface area contributed by atoms with Gasteiger partial charge in [-0.2, -0.15) is 0 Å². The standard InChI is InChI=1S/C15H16F3N3/c1-4-5-19-15-14(20-8(2)9(3)21-15)10-6-11(16)13(18)12(17)7-10/h6-7H,4-5H2,1-3H3,(H,19,21). The average molecular weight is 295 g/mol. The van der Waals surface area contributed by atoms with Crippen molar-refractivity contribution >= 4 is 5.82 Å². The highest BCUT2D eigenvalue weighted by molar-refractivity contribution is 5.71. The fourth-order valence-electron chi connectivity index (χ4n) is 1.86. The number of nitrogens with zero attached hydrogens (tertiary/aromatic N) is 2. The van der Waals surface area contributed by atoms with Crippen LogP contribution in [0.2, 0.25) is 0 Å². The van der Waals surface area contributed by atoms with Gasteiger partial charge in [-0.15, -0.1) is 0 Å². The molecule has 0 fully saturated rings. The van der Waals surface area contributed by atoms with Crippen LogP contribution in [-0.4, -0.2) is 16.5 Å². The zero-order chi connectivity index (χ0) is 15.6. The number of benzene rings is 1. The Morgan fingerprint density at radius 3 is 2.14 bits per heavy atom. The molecule has 1 aromatic heterocycles. The first-order valence-electron chi connectivity index (χ1n) is 6.68. The highest BCUT2D eigenvalue weighted by atomic mass is 19.2. The fraction of sp³-hybridized carbons (Fsp3) is 0.333. The lowest BCUT2D eigenvalue weighted by atomic mass is 10.1. The summed E-state index contributed by atoms with van der Waals surface area (Å²) < 4.78 is 39.9. The van der Waals surface area contributed by atoms with Crippen LogP contribution in [0.25, 0.3) is 11.3 Å². The molecule has 0 aliphatic rings. The minimum Gasteiger partial charge on any atom is -0.368 e. The topological polar surface area (TPSA) is 37.8 Å². The van der Waals surface area contributed by atoms with E-state index in [9.17, 15) is 13.2 Å².